The highest BCUT2D eigenvalue weighted by Crippen LogP contribution is 2.27. The van der Waals surface area contributed by atoms with Gasteiger partial charge in [0.1, 0.15) is 12.1 Å². The highest BCUT2D eigenvalue weighted by molar-refractivity contribution is 7.89. The van der Waals surface area contributed by atoms with E-state index in [1.54, 1.807) is 0 Å². The first-order valence-corrected chi connectivity index (χ1v) is 9.30. The molecule has 0 fully saturated rings. The van der Waals surface area contributed by atoms with Gasteiger partial charge < -0.3 is 4.74 Å². The van der Waals surface area contributed by atoms with Crippen LogP contribution in [0, 0.1) is 0 Å². The molecule has 0 saturated carbocycles. The molecule has 0 aliphatic carbocycles. The molecule has 0 unspecified atom stereocenters. The highest BCUT2D eigenvalue weighted by Gasteiger charge is 2.29. The Kier molecular flexibility index (Phi) is 4.79. The van der Waals surface area contributed by atoms with Crippen LogP contribution in [0.2, 0.25) is 0 Å². The molecular formula is C16H17N5O4S. The molecular weight excluding hydrogens is 358 g/mol. The highest BCUT2D eigenvalue weighted by atomic mass is 32.2. The third kappa shape index (κ3) is 3.20. The number of hydrogen-bond donors (Lipinski definition) is 0. The van der Waals surface area contributed by atoms with Gasteiger partial charge in [-0.05, 0) is 24.6 Å². The zero-order chi connectivity index (χ0) is 18.9. The first kappa shape index (κ1) is 18.1. The van der Waals surface area contributed by atoms with E-state index in [4.69, 9.17) is 4.74 Å². The molecule has 3 rings (SSSR count). The van der Waals surface area contributed by atoms with Crippen molar-refractivity contribution in [2.24, 2.45) is 20.0 Å². The second kappa shape index (κ2) is 6.89. The van der Waals surface area contributed by atoms with Crippen LogP contribution in [0.1, 0.15) is 18.9 Å². The van der Waals surface area contributed by atoms with Crippen molar-refractivity contribution in [3.8, 4) is 5.75 Å². The fourth-order valence-corrected chi connectivity index (χ4v) is 3.21. The van der Waals surface area contributed by atoms with Crippen LogP contribution in [-0.4, -0.2) is 63.1 Å². The second-order valence-corrected chi connectivity index (χ2v) is 7.84. The molecule has 0 N–H and O–H groups in total. The van der Waals surface area contributed by atoms with E-state index in [2.05, 4.69) is 20.0 Å². The van der Waals surface area contributed by atoms with Gasteiger partial charge in [0.15, 0.2) is 17.4 Å². The summed E-state index contributed by atoms with van der Waals surface area (Å²) in [5.74, 6) is 0.0138. The van der Waals surface area contributed by atoms with E-state index in [0.717, 1.165) is 10.7 Å². The van der Waals surface area contributed by atoms with Crippen LogP contribution in [0.5, 0.6) is 5.75 Å². The minimum atomic E-state index is -3.67. The quantitative estimate of drug-likeness (QED) is 0.735. The fourth-order valence-electron chi connectivity index (χ4n) is 2.28. The fraction of sp³-hybridized carbons (Fsp3) is 0.312. The largest absolute Gasteiger partial charge is 0.493 e. The molecule has 9 nitrogen and oxygen atoms in total. The summed E-state index contributed by atoms with van der Waals surface area (Å²) >= 11 is 0. The number of sulfonamides is 1. The average molecular weight is 375 g/mol. The topological polar surface area (TPSA) is 113 Å². The van der Waals surface area contributed by atoms with Crippen LogP contribution < -0.4 is 4.74 Å². The molecule has 1 aromatic carbocycles. The maximum Gasteiger partial charge on any atom is 0.301 e. The van der Waals surface area contributed by atoms with Gasteiger partial charge in [-0.2, -0.15) is 4.99 Å². The van der Waals surface area contributed by atoms with E-state index < -0.39 is 15.9 Å². The van der Waals surface area contributed by atoms with Crippen molar-refractivity contribution in [3.63, 3.8) is 0 Å². The molecule has 2 heterocycles. The van der Waals surface area contributed by atoms with Gasteiger partial charge in [0.2, 0.25) is 10.0 Å². The number of hydrogen-bond acceptors (Lipinski definition) is 7. The lowest BCUT2D eigenvalue weighted by Gasteiger charge is -2.16. The molecule has 2 aliphatic heterocycles. The summed E-state index contributed by atoms with van der Waals surface area (Å²) in [6, 6.07) is 4.39. The normalized spacial score (nSPS) is 16.3. The zero-order valence-corrected chi connectivity index (χ0v) is 15.3. The lowest BCUT2D eigenvalue weighted by Crippen LogP contribution is -2.26. The van der Waals surface area contributed by atoms with Gasteiger partial charge in [-0.3, -0.25) is 4.79 Å². The lowest BCUT2D eigenvalue weighted by atomic mass is 10.1. The van der Waals surface area contributed by atoms with E-state index in [-0.39, 0.29) is 22.3 Å². The lowest BCUT2D eigenvalue weighted by molar-refractivity contribution is -0.111. The summed E-state index contributed by atoms with van der Waals surface area (Å²) in [6.45, 7) is 2.37. The molecule has 2 aliphatic rings. The van der Waals surface area contributed by atoms with E-state index >= 15 is 0 Å². The summed E-state index contributed by atoms with van der Waals surface area (Å²) in [5, 5.41) is 0. The van der Waals surface area contributed by atoms with Crippen molar-refractivity contribution in [3.05, 3.63) is 23.8 Å². The minimum absolute atomic E-state index is 0.0462. The summed E-state index contributed by atoms with van der Waals surface area (Å²) in [4.78, 5) is 28.1. The Labute approximate surface area is 150 Å². The maximum absolute atomic E-state index is 12.4. The number of nitrogens with zero attached hydrogens (tertiary/aromatic N) is 5. The second-order valence-electron chi connectivity index (χ2n) is 5.69. The number of amidine groups is 2. The molecule has 10 heteroatoms. The Bertz CT molecular complexity index is 990. The van der Waals surface area contributed by atoms with Crippen molar-refractivity contribution in [2.45, 2.75) is 18.2 Å². The van der Waals surface area contributed by atoms with Crippen LogP contribution in [0.3, 0.4) is 0 Å². The molecule has 0 saturated heterocycles. The number of amides is 1. The summed E-state index contributed by atoms with van der Waals surface area (Å²) in [6.07, 6.45) is 1.99. The monoisotopic (exact) mass is 375 g/mol. The van der Waals surface area contributed by atoms with Crippen molar-refractivity contribution in [2.75, 3.05) is 20.7 Å². The van der Waals surface area contributed by atoms with Crippen LogP contribution in [0.25, 0.3) is 0 Å². The van der Waals surface area contributed by atoms with E-state index in [1.807, 2.05) is 6.92 Å². The third-order valence-corrected chi connectivity index (χ3v) is 5.44. The number of aliphatic imine (C=N–C) groups is 4. The zero-order valence-electron chi connectivity index (χ0n) is 14.5. The van der Waals surface area contributed by atoms with Gasteiger partial charge in [-0.25, -0.2) is 27.7 Å². The van der Waals surface area contributed by atoms with Gasteiger partial charge >= 0.3 is 5.91 Å². The standard InChI is InChI=1S/C16H17N5O4S/c1-4-7-25-12-6-5-10(26(23,24)21(2)3)8-11(12)14-19-15-13(16(22)20-14)17-9-18-15/h5-6,8-9H,4,7H2,1-3H3. The summed E-state index contributed by atoms with van der Waals surface area (Å²) in [7, 11) is -0.793. The number of benzene rings is 1. The van der Waals surface area contributed by atoms with Crippen molar-refractivity contribution in [1.82, 2.24) is 4.31 Å². The first-order valence-electron chi connectivity index (χ1n) is 7.86. The minimum Gasteiger partial charge on any atom is -0.493 e. The van der Waals surface area contributed by atoms with Crippen molar-refractivity contribution in [1.29, 1.82) is 0 Å². The molecule has 26 heavy (non-hydrogen) atoms. The van der Waals surface area contributed by atoms with Gasteiger partial charge in [-0.15, -0.1) is 0 Å². The average Bonchev–Trinajstić information content (AvgIpc) is 3.08. The van der Waals surface area contributed by atoms with Gasteiger partial charge in [0.05, 0.1) is 17.1 Å². The van der Waals surface area contributed by atoms with Crippen molar-refractivity contribution >= 4 is 39.7 Å². The number of carbonyl (C=O) groups excluding carboxylic acids is 1. The van der Waals surface area contributed by atoms with Crippen molar-refractivity contribution < 1.29 is 17.9 Å². The Morgan fingerprint density at radius 3 is 2.62 bits per heavy atom. The number of ether oxygens (including phenoxy) is 1. The maximum atomic E-state index is 12.4. The molecule has 0 aromatic heterocycles. The van der Waals surface area contributed by atoms with E-state index in [9.17, 15) is 13.2 Å². The number of fused-ring (bicyclic) bond motifs is 1. The molecule has 136 valence electrons. The molecule has 1 aromatic rings. The van der Waals surface area contributed by atoms with E-state index in [0.29, 0.717) is 17.9 Å². The Hall–Kier alpha value is -2.72. The van der Waals surface area contributed by atoms with Gasteiger partial charge in [0.25, 0.3) is 0 Å². The Balaban J connectivity index is 2.13. The van der Waals surface area contributed by atoms with Crippen LogP contribution >= 0.6 is 0 Å². The summed E-state index contributed by atoms with van der Waals surface area (Å²) < 4.78 is 31.7. The number of rotatable bonds is 6. The van der Waals surface area contributed by atoms with Crippen LogP contribution in [-0.2, 0) is 14.8 Å². The van der Waals surface area contributed by atoms with Crippen LogP contribution in [0.4, 0.5) is 0 Å². The molecule has 0 bridgehead atoms. The first-order chi connectivity index (χ1) is 12.3. The smallest absolute Gasteiger partial charge is 0.301 e. The predicted molar refractivity (Wildman–Crippen MR) is 98.0 cm³/mol. The molecule has 0 spiro atoms. The Morgan fingerprint density at radius 1 is 1.15 bits per heavy atom. The molecule has 0 atom stereocenters. The number of carbonyl (C=O) groups is 1. The van der Waals surface area contributed by atoms with Crippen LogP contribution in [0.15, 0.2) is 43.1 Å². The predicted octanol–water partition coefficient (Wildman–Crippen LogP) is 0.894. The summed E-state index contributed by atoms with van der Waals surface area (Å²) in [5.41, 5.74) is 0.380. The van der Waals surface area contributed by atoms with E-state index in [1.165, 1.54) is 38.6 Å². The van der Waals surface area contributed by atoms with Gasteiger partial charge in [0, 0.05) is 14.1 Å². The van der Waals surface area contributed by atoms with Gasteiger partial charge in [-0.1, -0.05) is 6.92 Å². The molecule has 1 amide bonds. The Morgan fingerprint density at radius 2 is 1.92 bits per heavy atom. The third-order valence-electron chi connectivity index (χ3n) is 3.63. The SMILES string of the molecule is CCCOc1ccc(S(=O)(=O)N(C)C)cc1C1=NC(=O)C2=NC=NC2=N1. The molecule has 0 radical (unpaired) electrons.